The predicted molar refractivity (Wildman–Crippen MR) is 97.3 cm³/mol. The molecule has 0 aromatic heterocycles. The van der Waals surface area contributed by atoms with E-state index in [0.717, 1.165) is 16.9 Å². The van der Waals surface area contributed by atoms with Crippen LogP contribution in [0.5, 0.6) is 5.75 Å². The molecule has 0 spiro atoms. The predicted octanol–water partition coefficient (Wildman–Crippen LogP) is 3.93. The number of hydrogen-bond acceptors (Lipinski definition) is 3. The van der Waals surface area contributed by atoms with Crippen molar-refractivity contribution in [2.24, 2.45) is 5.73 Å². The summed E-state index contributed by atoms with van der Waals surface area (Å²) in [4.78, 5) is 11.6. The first-order chi connectivity index (χ1) is 11.5. The van der Waals surface area contributed by atoms with Gasteiger partial charge in [0.1, 0.15) is 12.4 Å². The van der Waals surface area contributed by atoms with Gasteiger partial charge in [0.2, 0.25) is 5.91 Å². The summed E-state index contributed by atoms with van der Waals surface area (Å²) in [7, 11) is 0. The Balaban J connectivity index is 1.85. The van der Waals surface area contributed by atoms with Crippen molar-refractivity contribution in [1.29, 1.82) is 0 Å². The van der Waals surface area contributed by atoms with Gasteiger partial charge < -0.3 is 15.8 Å². The zero-order chi connectivity index (χ0) is 17.5. The summed E-state index contributed by atoms with van der Waals surface area (Å²) in [5, 5.41) is 3.84. The van der Waals surface area contributed by atoms with Gasteiger partial charge in [0, 0.05) is 6.54 Å². The molecule has 0 heterocycles. The van der Waals surface area contributed by atoms with Gasteiger partial charge in [-0.15, -0.1) is 0 Å². The van der Waals surface area contributed by atoms with Gasteiger partial charge in [-0.05, 0) is 41.8 Å². The van der Waals surface area contributed by atoms with E-state index in [-0.39, 0.29) is 5.91 Å². The molecule has 0 aliphatic rings. The average molecular weight is 367 g/mol. The lowest BCUT2D eigenvalue weighted by Crippen LogP contribution is -2.39. The van der Waals surface area contributed by atoms with Crippen molar-refractivity contribution in [3.05, 3.63) is 63.6 Å². The molecule has 0 aliphatic carbocycles. The number of nitrogens with one attached hydrogen (secondary N) is 1. The second kappa shape index (κ2) is 8.92. The third-order valence-corrected chi connectivity index (χ3v) is 4.30. The highest BCUT2D eigenvalue weighted by Gasteiger charge is 2.09. The average Bonchev–Trinajstić information content (AvgIpc) is 2.60. The maximum atomic E-state index is 11.6. The Morgan fingerprint density at radius 1 is 1.12 bits per heavy atom. The number of hydrogen-bond donors (Lipinski definition) is 2. The van der Waals surface area contributed by atoms with Crippen molar-refractivity contribution < 1.29 is 9.53 Å². The summed E-state index contributed by atoms with van der Waals surface area (Å²) in [6.07, 6.45) is 0.618. The highest BCUT2D eigenvalue weighted by atomic mass is 35.5. The van der Waals surface area contributed by atoms with E-state index in [9.17, 15) is 4.79 Å². The van der Waals surface area contributed by atoms with Crippen LogP contribution in [0.4, 0.5) is 0 Å². The lowest BCUT2D eigenvalue weighted by atomic mass is 10.2. The van der Waals surface area contributed by atoms with E-state index in [1.807, 2.05) is 37.3 Å². The summed E-state index contributed by atoms with van der Waals surface area (Å²) < 4.78 is 5.71. The first kappa shape index (κ1) is 18.6. The van der Waals surface area contributed by atoms with E-state index in [1.165, 1.54) is 0 Å². The number of amides is 1. The van der Waals surface area contributed by atoms with Crippen LogP contribution in [0.1, 0.15) is 24.5 Å². The molecular formula is C18H20Cl2N2O2. The molecule has 2 rings (SSSR count). The standard InChI is InChI=1S/C18H20Cl2N2O2/c1-2-17(21)18(23)22-10-12-3-6-14(7-4-12)24-11-13-5-8-15(19)16(20)9-13/h3-9,17H,2,10-11,21H2,1H3,(H,22,23)/t17-/m0/s1. The zero-order valence-corrected chi connectivity index (χ0v) is 14.9. The van der Waals surface area contributed by atoms with Crippen LogP contribution in [-0.4, -0.2) is 11.9 Å². The van der Waals surface area contributed by atoms with Gasteiger partial charge in [-0.25, -0.2) is 0 Å². The minimum atomic E-state index is -0.459. The van der Waals surface area contributed by atoms with E-state index < -0.39 is 6.04 Å². The van der Waals surface area contributed by atoms with Crippen molar-refractivity contribution in [2.75, 3.05) is 0 Å². The molecule has 0 bridgehead atoms. The third kappa shape index (κ3) is 5.41. The molecule has 0 unspecified atom stereocenters. The zero-order valence-electron chi connectivity index (χ0n) is 13.4. The van der Waals surface area contributed by atoms with E-state index >= 15 is 0 Å². The van der Waals surface area contributed by atoms with Crippen molar-refractivity contribution in [3.8, 4) is 5.75 Å². The van der Waals surface area contributed by atoms with E-state index in [4.69, 9.17) is 33.7 Å². The van der Waals surface area contributed by atoms with E-state index in [0.29, 0.717) is 29.6 Å². The fourth-order valence-electron chi connectivity index (χ4n) is 2.01. The van der Waals surface area contributed by atoms with Gasteiger partial charge in [0.15, 0.2) is 0 Å². The second-order valence-electron chi connectivity index (χ2n) is 5.41. The summed E-state index contributed by atoms with van der Waals surface area (Å²) in [5.41, 5.74) is 7.59. The summed E-state index contributed by atoms with van der Waals surface area (Å²) in [6.45, 7) is 2.72. The Hall–Kier alpha value is -1.75. The summed E-state index contributed by atoms with van der Waals surface area (Å²) >= 11 is 11.9. The first-order valence-corrected chi connectivity index (χ1v) is 8.44. The maximum Gasteiger partial charge on any atom is 0.237 e. The molecule has 1 amide bonds. The quantitative estimate of drug-likeness (QED) is 0.780. The van der Waals surface area contributed by atoms with E-state index in [2.05, 4.69) is 5.32 Å². The van der Waals surface area contributed by atoms with Crippen LogP contribution >= 0.6 is 23.2 Å². The molecule has 1 atom stereocenters. The number of carbonyl (C=O) groups excluding carboxylic acids is 1. The lowest BCUT2D eigenvalue weighted by Gasteiger charge is -2.11. The number of rotatable bonds is 7. The monoisotopic (exact) mass is 366 g/mol. The van der Waals surface area contributed by atoms with Gasteiger partial charge in [0.05, 0.1) is 16.1 Å². The van der Waals surface area contributed by atoms with Crippen molar-refractivity contribution in [3.63, 3.8) is 0 Å². The van der Waals surface area contributed by atoms with Crippen LogP contribution in [0, 0.1) is 0 Å². The SMILES string of the molecule is CC[C@H](N)C(=O)NCc1ccc(OCc2ccc(Cl)c(Cl)c2)cc1. The van der Waals surface area contributed by atoms with Gasteiger partial charge >= 0.3 is 0 Å². The van der Waals surface area contributed by atoms with Crippen molar-refractivity contribution >= 4 is 29.1 Å². The smallest absolute Gasteiger partial charge is 0.237 e. The summed E-state index contributed by atoms with van der Waals surface area (Å²) in [6, 6.07) is 12.5. The fraction of sp³-hybridized carbons (Fsp3) is 0.278. The number of nitrogens with two attached hydrogens (primary N) is 1. The van der Waals surface area contributed by atoms with Gasteiger partial charge in [-0.2, -0.15) is 0 Å². The van der Waals surface area contributed by atoms with Gasteiger partial charge in [-0.1, -0.05) is 48.3 Å². The minimum absolute atomic E-state index is 0.141. The van der Waals surface area contributed by atoms with Crippen LogP contribution in [0.15, 0.2) is 42.5 Å². The molecular weight excluding hydrogens is 347 g/mol. The normalized spacial score (nSPS) is 11.8. The molecule has 0 radical (unpaired) electrons. The maximum absolute atomic E-state index is 11.6. The van der Waals surface area contributed by atoms with Gasteiger partial charge in [-0.3, -0.25) is 4.79 Å². The second-order valence-corrected chi connectivity index (χ2v) is 6.23. The Kier molecular flexibility index (Phi) is 6.91. The minimum Gasteiger partial charge on any atom is -0.489 e. The number of carbonyl (C=O) groups is 1. The third-order valence-electron chi connectivity index (χ3n) is 3.56. The van der Waals surface area contributed by atoms with Crippen molar-refractivity contribution in [1.82, 2.24) is 5.32 Å². The highest BCUT2D eigenvalue weighted by molar-refractivity contribution is 6.42. The molecule has 0 aliphatic heterocycles. The number of halogens is 2. The number of ether oxygens (including phenoxy) is 1. The molecule has 128 valence electrons. The summed E-state index contributed by atoms with van der Waals surface area (Å²) in [5.74, 6) is 0.596. The topological polar surface area (TPSA) is 64.4 Å². The molecule has 4 nitrogen and oxygen atoms in total. The van der Waals surface area contributed by atoms with Crippen LogP contribution < -0.4 is 15.8 Å². The van der Waals surface area contributed by atoms with Crippen LogP contribution in [0.2, 0.25) is 10.0 Å². The molecule has 2 aromatic carbocycles. The molecule has 24 heavy (non-hydrogen) atoms. The Labute approximate surface area is 151 Å². The number of benzene rings is 2. The van der Waals surface area contributed by atoms with Crippen molar-refractivity contribution in [2.45, 2.75) is 32.5 Å². The molecule has 0 saturated heterocycles. The first-order valence-electron chi connectivity index (χ1n) is 7.68. The van der Waals surface area contributed by atoms with Crippen LogP contribution in [0.25, 0.3) is 0 Å². The van der Waals surface area contributed by atoms with Crippen LogP contribution in [0.3, 0.4) is 0 Å². The lowest BCUT2D eigenvalue weighted by molar-refractivity contribution is -0.122. The van der Waals surface area contributed by atoms with E-state index in [1.54, 1.807) is 12.1 Å². The van der Waals surface area contributed by atoms with Gasteiger partial charge in [0.25, 0.3) is 0 Å². The Morgan fingerprint density at radius 2 is 1.79 bits per heavy atom. The Bertz CT molecular complexity index is 690. The largest absolute Gasteiger partial charge is 0.489 e. The van der Waals surface area contributed by atoms with Crippen LogP contribution in [-0.2, 0) is 17.9 Å². The Morgan fingerprint density at radius 3 is 2.42 bits per heavy atom. The molecule has 0 fully saturated rings. The fourth-order valence-corrected chi connectivity index (χ4v) is 2.33. The molecule has 2 aromatic rings. The molecule has 3 N–H and O–H groups in total. The molecule has 6 heteroatoms. The highest BCUT2D eigenvalue weighted by Crippen LogP contribution is 2.23. The molecule has 0 saturated carbocycles.